The smallest absolute Gasteiger partial charge is 0.237 e. The van der Waals surface area contributed by atoms with E-state index >= 15 is 0 Å². The Morgan fingerprint density at radius 3 is 2.95 bits per heavy atom. The van der Waals surface area contributed by atoms with Crippen LogP contribution in [0.2, 0.25) is 0 Å². The van der Waals surface area contributed by atoms with Crippen molar-refractivity contribution >= 4 is 28.4 Å². The van der Waals surface area contributed by atoms with Crippen LogP contribution in [-0.2, 0) is 9.59 Å². The number of piperidine rings is 1. The van der Waals surface area contributed by atoms with Crippen LogP contribution in [0.3, 0.4) is 0 Å². The number of fused-ring (bicyclic) bond motifs is 1. The Hall–Kier alpha value is -2.50. The minimum Gasteiger partial charge on any atom is -0.397 e. The number of nitrogens with one attached hydrogen (secondary N) is 1. The van der Waals surface area contributed by atoms with Gasteiger partial charge in [-0.25, -0.2) is 9.97 Å². The first-order valence-corrected chi connectivity index (χ1v) is 6.00. The molecule has 1 aromatic heterocycles. The number of carbonyl (C=O) groups is 2. The molecule has 0 saturated carbocycles. The molecule has 6 nitrogen and oxygen atoms in total. The summed E-state index contributed by atoms with van der Waals surface area (Å²) in [6.07, 6.45) is 2.39. The summed E-state index contributed by atoms with van der Waals surface area (Å²) >= 11 is 0. The zero-order chi connectivity index (χ0) is 13.4. The normalized spacial score (nSPS) is 19.5. The van der Waals surface area contributed by atoms with E-state index in [9.17, 15) is 9.59 Å². The minimum atomic E-state index is -0.485. The fraction of sp³-hybridized carbons (Fsp3) is 0.231. The first kappa shape index (κ1) is 11.6. The van der Waals surface area contributed by atoms with Crippen LogP contribution in [-0.4, -0.2) is 21.8 Å². The Labute approximate surface area is 109 Å². The molecule has 1 unspecified atom stereocenters. The molecule has 1 aliphatic heterocycles. The number of para-hydroxylation sites is 1. The number of aromatic nitrogens is 2. The maximum atomic E-state index is 11.8. The number of carbonyl (C=O) groups excluding carboxylic acids is 2. The quantitative estimate of drug-likeness (QED) is 0.579. The molecule has 0 aliphatic carbocycles. The highest BCUT2D eigenvalue weighted by Gasteiger charge is 2.30. The molecule has 3 rings (SSSR count). The van der Waals surface area contributed by atoms with Crippen LogP contribution in [0.15, 0.2) is 24.4 Å². The second kappa shape index (κ2) is 4.31. The lowest BCUT2D eigenvalue weighted by molar-refractivity contribution is -0.134. The Morgan fingerprint density at radius 2 is 2.16 bits per heavy atom. The van der Waals surface area contributed by atoms with E-state index in [2.05, 4.69) is 15.3 Å². The lowest BCUT2D eigenvalue weighted by atomic mass is 9.97. The number of benzene rings is 1. The Bertz CT molecular complexity index is 683. The van der Waals surface area contributed by atoms with Crippen LogP contribution in [0.25, 0.3) is 10.9 Å². The fourth-order valence-corrected chi connectivity index (χ4v) is 2.20. The van der Waals surface area contributed by atoms with Crippen LogP contribution < -0.4 is 11.1 Å². The summed E-state index contributed by atoms with van der Waals surface area (Å²) in [5.74, 6) is -0.663. The zero-order valence-corrected chi connectivity index (χ0v) is 10.1. The van der Waals surface area contributed by atoms with Gasteiger partial charge in [-0.3, -0.25) is 14.9 Å². The van der Waals surface area contributed by atoms with E-state index < -0.39 is 5.92 Å². The molecule has 2 amide bonds. The first-order chi connectivity index (χ1) is 9.15. The van der Waals surface area contributed by atoms with Gasteiger partial charge >= 0.3 is 0 Å². The van der Waals surface area contributed by atoms with Crippen molar-refractivity contribution in [1.29, 1.82) is 0 Å². The molecule has 1 fully saturated rings. The van der Waals surface area contributed by atoms with Crippen LogP contribution in [0.1, 0.15) is 24.6 Å². The van der Waals surface area contributed by atoms with Gasteiger partial charge in [0.05, 0.1) is 17.1 Å². The molecule has 1 aliphatic rings. The molecule has 2 heterocycles. The predicted molar refractivity (Wildman–Crippen MR) is 69.1 cm³/mol. The third kappa shape index (κ3) is 2.01. The van der Waals surface area contributed by atoms with Crippen LogP contribution in [0.4, 0.5) is 5.69 Å². The van der Waals surface area contributed by atoms with Crippen molar-refractivity contribution in [3.05, 3.63) is 30.2 Å². The molecule has 19 heavy (non-hydrogen) atoms. The van der Waals surface area contributed by atoms with Gasteiger partial charge in [-0.05, 0) is 12.5 Å². The van der Waals surface area contributed by atoms with Crippen LogP contribution in [0, 0.1) is 0 Å². The lowest BCUT2D eigenvalue weighted by Crippen LogP contribution is -2.40. The highest BCUT2D eigenvalue weighted by molar-refractivity contribution is 6.00. The van der Waals surface area contributed by atoms with E-state index in [0.717, 1.165) is 5.39 Å². The molecule has 96 valence electrons. The topological polar surface area (TPSA) is 98.0 Å². The van der Waals surface area contributed by atoms with Gasteiger partial charge in [0.15, 0.2) is 0 Å². The van der Waals surface area contributed by atoms with Crippen molar-refractivity contribution in [3.8, 4) is 0 Å². The summed E-state index contributed by atoms with van der Waals surface area (Å²) < 4.78 is 0. The number of nitrogen functional groups attached to an aromatic ring is 1. The molecule has 1 aromatic carbocycles. The fourth-order valence-electron chi connectivity index (χ4n) is 2.20. The average Bonchev–Trinajstić information content (AvgIpc) is 2.39. The van der Waals surface area contributed by atoms with Crippen molar-refractivity contribution in [2.45, 2.75) is 18.8 Å². The monoisotopic (exact) mass is 256 g/mol. The largest absolute Gasteiger partial charge is 0.397 e. The molecule has 0 bridgehead atoms. The van der Waals surface area contributed by atoms with Crippen molar-refractivity contribution in [2.24, 2.45) is 0 Å². The second-order valence-electron chi connectivity index (χ2n) is 4.52. The zero-order valence-electron chi connectivity index (χ0n) is 10.1. The molecular formula is C13H12N4O2. The van der Waals surface area contributed by atoms with Crippen LogP contribution >= 0.6 is 0 Å². The molecule has 0 spiro atoms. The Morgan fingerprint density at radius 1 is 1.32 bits per heavy atom. The van der Waals surface area contributed by atoms with Gasteiger partial charge in [0.1, 0.15) is 5.82 Å². The summed E-state index contributed by atoms with van der Waals surface area (Å²) in [6.45, 7) is 0. The SMILES string of the molecule is Nc1cccc2cnc(C3CCC(=O)NC3=O)nc12. The molecule has 0 radical (unpaired) electrons. The maximum absolute atomic E-state index is 11.8. The summed E-state index contributed by atoms with van der Waals surface area (Å²) in [7, 11) is 0. The van der Waals surface area contributed by atoms with Crippen molar-refractivity contribution in [2.75, 3.05) is 5.73 Å². The number of nitrogens with two attached hydrogens (primary N) is 1. The Balaban J connectivity index is 2.04. The van der Waals surface area contributed by atoms with Gasteiger partial charge in [-0.2, -0.15) is 0 Å². The standard InChI is InChI=1S/C13H12N4O2/c14-9-3-1-2-7-6-15-12(17-11(7)9)8-4-5-10(18)16-13(8)19/h1-3,6,8H,4-5,14H2,(H,16,18,19). The number of anilines is 1. The van der Waals surface area contributed by atoms with Gasteiger partial charge in [-0.15, -0.1) is 0 Å². The highest BCUT2D eigenvalue weighted by atomic mass is 16.2. The molecule has 1 atom stereocenters. The number of amides is 2. The van der Waals surface area contributed by atoms with E-state index in [1.54, 1.807) is 12.3 Å². The van der Waals surface area contributed by atoms with Gasteiger partial charge < -0.3 is 5.73 Å². The number of imide groups is 1. The Kier molecular flexibility index (Phi) is 2.63. The number of hydrogen-bond donors (Lipinski definition) is 2. The summed E-state index contributed by atoms with van der Waals surface area (Å²) in [6, 6.07) is 5.44. The maximum Gasteiger partial charge on any atom is 0.237 e. The minimum absolute atomic E-state index is 0.249. The van der Waals surface area contributed by atoms with Gasteiger partial charge in [0, 0.05) is 18.0 Å². The second-order valence-corrected chi connectivity index (χ2v) is 4.52. The van der Waals surface area contributed by atoms with Crippen LogP contribution in [0.5, 0.6) is 0 Å². The molecule has 6 heteroatoms. The lowest BCUT2D eigenvalue weighted by Gasteiger charge is -2.19. The summed E-state index contributed by atoms with van der Waals surface area (Å²) in [5.41, 5.74) is 7.05. The molecule has 1 saturated heterocycles. The van der Waals surface area contributed by atoms with Crippen molar-refractivity contribution in [1.82, 2.24) is 15.3 Å². The summed E-state index contributed by atoms with van der Waals surface area (Å²) in [4.78, 5) is 31.5. The van der Waals surface area contributed by atoms with Gasteiger partial charge in [-0.1, -0.05) is 12.1 Å². The van der Waals surface area contributed by atoms with Crippen molar-refractivity contribution in [3.63, 3.8) is 0 Å². The van der Waals surface area contributed by atoms with Crippen molar-refractivity contribution < 1.29 is 9.59 Å². The van der Waals surface area contributed by atoms with E-state index in [1.165, 1.54) is 0 Å². The molecule has 3 N–H and O–H groups in total. The predicted octanol–water partition coefficient (Wildman–Crippen LogP) is 0.732. The summed E-state index contributed by atoms with van der Waals surface area (Å²) in [5, 5.41) is 3.13. The third-order valence-corrected chi connectivity index (χ3v) is 3.21. The average molecular weight is 256 g/mol. The van der Waals surface area contributed by atoms with Gasteiger partial charge in [0.25, 0.3) is 0 Å². The molecule has 2 aromatic rings. The first-order valence-electron chi connectivity index (χ1n) is 6.00. The van der Waals surface area contributed by atoms with E-state index in [4.69, 9.17) is 5.73 Å². The number of hydrogen-bond acceptors (Lipinski definition) is 5. The number of nitrogens with zero attached hydrogens (tertiary/aromatic N) is 2. The van der Waals surface area contributed by atoms with Gasteiger partial charge in [0.2, 0.25) is 11.8 Å². The third-order valence-electron chi connectivity index (χ3n) is 3.21. The molecular weight excluding hydrogens is 244 g/mol. The van der Waals surface area contributed by atoms with E-state index in [-0.39, 0.29) is 11.8 Å². The van der Waals surface area contributed by atoms with E-state index in [1.807, 2.05) is 12.1 Å². The van der Waals surface area contributed by atoms with E-state index in [0.29, 0.717) is 29.9 Å². The number of rotatable bonds is 1. The highest BCUT2D eigenvalue weighted by Crippen LogP contribution is 2.25.